The van der Waals surface area contributed by atoms with Crippen molar-refractivity contribution in [3.05, 3.63) is 30.0 Å². The highest BCUT2D eigenvalue weighted by atomic mass is 16.5. The number of hydrogen-bond acceptors (Lipinski definition) is 4. The monoisotopic (exact) mass is 329 g/mol. The first-order valence-corrected chi connectivity index (χ1v) is 8.88. The van der Waals surface area contributed by atoms with Crippen LogP contribution in [0.1, 0.15) is 44.3 Å². The minimum atomic E-state index is -0.204. The molecule has 1 aromatic heterocycles. The van der Waals surface area contributed by atoms with E-state index < -0.39 is 0 Å². The van der Waals surface area contributed by atoms with Gasteiger partial charge in [-0.05, 0) is 52.8 Å². The van der Waals surface area contributed by atoms with Gasteiger partial charge in [0.2, 0.25) is 0 Å². The summed E-state index contributed by atoms with van der Waals surface area (Å²) in [6.45, 7) is 2.24. The van der Waals surface area contributed by atoms with Gasteiger partial charge in [-0.3, -0.25) is 9.48 Å². The number of aromatic nitrogens is 2. The van der Waals surface area contributed by atoms with E-state index in [0.717, 1.165) is 29.4 Å². The van der Waals surface area contributed by atoms with Gasteiger partial charge in [0.05, 0.1) is 30.3 Å². The van der Waals surface area contributed by atoms with Crippen LogP contribution in [-0.2, 0) is 16.0 Å². The van der Waals surface area contributed by atoms with Gasteiger partial charge < -0.3 is 9.64 Å². The summed E-state index contributed by atoms with van der Waals surface area (Å²) >= 11 is 0. The molecule has 0 bridgehead atoms. The summed E-state index contributed by atoms with van der Waals surface area (Å²) in [7, 11) is 4.32. The predicted molar refractivity (Wildman–Crippen MR) is 95.1 cm³/mol. The van der Waals surface area contributed by atoms with Crippen LogP contribution in [0.3, 0.4) is 0 Å². The first kappa shape index (κ1) is 17.0. The van der Waals surface area contributed by atoms with E-state index in [9.17, 15) is 4.79 Å². The highest BCUT2D eigenvalue weighted by Crippen LogP contribution is 2.33. The van der Waals surface area contributed by atoms with Gasteiger partial charge >= 0.3 is 5.97 Å². The number of hydrogen-bond donors (Lipinski definition) is 0. The number of carbonyl (C=O) groups is 1. The number of rotatable bonds is 5. The molecule has 24 heavy (non-hydrogen) atoms. The summed E-state index contributed by atoms with van der Waals surface area (Å²) in [5.74, 6) is -0.204. The van der Waals surface area contributed by atoms with Gasteiger partial charge in [-0.1, -0.05) is 18.2 Å². The van der Waals surface area contributed by atoms with Crippen molar-refractivity contribution in [3.63, 3.8) is 0 Å². The van der Waals surface area contributed by atoms with E-state index in [0.29, 0.717) is 18.7 Å². The van der Waals surface area contributed by atoms with Crippen LogP contribution in [0.5, 0.6) is 0 Å². The van der Waals surface area contributed by atoms with Gasteiger partial charge in [-0.25, -0.2) is 0 Å². The quantitative estimate of drug-likeness (QED) is 0.791. The lowest BCUT2D eigenvalue weighted by molar-refractivity contribution is -0.142. The Labute approximate surface area is 143 Å². The Balaban J connectivity index is 1.85. The number of fused-ring (bicyclic) bond motifs is 1. The molecule has 0 N–H and O–H groups in total. The molecule has 1 aliphatic carbocycles. The zero-order chi connectivity index (χ0) is 17.1. The third kappa shape index (κ3) is 3.46. The Bertz CT molecular complexity index is 700. The zero-order valence-electron chi connectivity index (χ0n) is 14.9. The molecule has 1 heterocycles. The van der Waals surface area contributed by atoms with Gasteiger partial charge in [0.1, 0.15) is 0 Å². The fraction of sp³-hybridized carbons (Fsp3) is 0.579. The number of esters is 1. The molecule has 1 saturated carbocycles. The van der Waals surface area contributed by atoms with Crippen molar-refractivity contribution in [1.29, 1.82) is 0 Å². The summed E-state index contributed by atoms with van der Waals surface area (Å²) in [4.78, 5) is 14.2. The molecule has 0 aliphatic heterocycles. The highest BCUT2D eigenvalue weighted by molar-refractivity contribution is 5.86. The molecular weight excluding hydrogens is 302 g/mol. The van der Waals surface area contributed by atoms with E-state index in [1.54, 1.807) is 0 Å². The first-order chi connectivity index (χ1) is 11.6. The Morgan fingerprint density at radius 3 is 2.62 bits per heavy atom. The van der Waals surface area contributed by atoms with Crippen LogP contribution in [-0.4, -0.2) is 47.4 Å². The minimum Gasteiger partial charge on any atom is -0.466 e. The number of para-hydroxylation sites is 1. The predicted octanol–water partition coefficient (Wildman–Crippen LogP) is 3.19. The van der Waals surface area contributed by atoms with Gasteiger partial charge in [0.15, 0.2) is 0 Å². The second kappa shape index (κ2) is 7.34. The fourth-order valence-electron chi connectivity index (χ4n) is 3.73. The van der Waals surface area contributed by atoms with Crippen LogP contribution in [0, 0.1) is 0 Å². The van der Waals surface area contributed by atoms with Crippen LogP contribution < -0.4 is 0 Å². The molecule has 0 amide bonds. The van der Waals surface area contributed by atoms with Gasteiger partial charge in [0.25, 0.3) is 0 Å². The third-order valence-electron chi connectivity index (χ3n) is 5.05. The van der Waals surface area contributed by atoms with Crippen molar-refractivity contribution in [2.24, 2.45) is 0 Å². The van der Waals surface area contributed by atoms with Gasteiger partial charge in [-0.15, -0.1) is 0 Å². The summed E-state index contributed by atoms with van der Waals surface area (Å²) in [6, 6.07) is 9.30. The van der Waals surface area contributed by atoms with Crippen molar-refractivity contribution in [3.8, 4) is 0 Å². The van der Waals surface area contributed by atoms with E-state index in [-0.39, 0.29) is 12.4 Å². The Morgan fingerprint density at radius 1 is 1.25 bits per heavy atom. The maximum Gasteiger partial charge on any atom is 0.311 e. The molecule has 2 aromatic rings. The number of carbonyl (C=O) groups excluding carboxylic acids is 1. The molecule has 1 aromatic carbocycles. The maximum atomic E-state index is 11.9. The van der Waals surface area contributed by atoms with Crippen molar-refractivity contribution in [2.45, 2.75) is 51.1 Å². The lowest BCUT2D eigenvalue weighted by atomic mass is 9.90. The SMILES string of the molecule is CCOC(=O)Cc1nn(C2CCC(N(C)C)CC2)c2ccccc12. The zero-order valence-corrected chi connectivity index (χ0v) is 14.9. The number of benzene rings is 1. The van der Waals surface area contributed by atoms with Crippen LogP contribution in [0.2, 0.25) is 0 Å². The second-order valence-electron chi connectivity index (χ2n) is 6.82. The van der Waals surface area contributed by atoms with Crippen LogP contribution in [0.25, 0.3) is 10.9 Å². The molecule has 5 heteroatoms. The topological polar surface area (TPSA) is 47.4 Å². The fourth-order valence-corrected chi connectivity index (χ4v) is 3.73. The van der Waals surface area contributed by atoms with Crippen molar-refractivity contribution in [2.75, 3.05) is 20.7 Å². The van der Waals surface area contributed by atoms with Crippen molar-refractivity contribution >= 4 is 16.9 Å². The lowest BCUT2D eigenvalue weighted by Gasteiger charge is -2.33. The summed E-state index contributed by atoms with van der Waals surface area (Å²) < 4.78 is 7.24. The van der Waals surface area contributed by atoms with Crippen LogP contribution in [0.15, 0.2) is 24.3 Å². The van der Waals surface area contributed by atoms with Crippen LogP contribution >= 0.6 is 0 Å². The van der Waals surface area contributed by atoms with E-state index in [4.69, 9.17) is 9.84 Å². The molecule has 130 valence electrons. The second-order valence-corrected chi connectivity index (χ2v) is 6.82. The number of ether oxygens (including phenoxy) is 1. The average Bonchev–Trinajstić information content (AvgIpc) is 2.94. The van der Waals surface area contributed by atoms with Crippen molar-refractivity contribution < 1.29 is 9.53 Å². The molecule has 0 saturated heterocycles. The Kier molecular flexibility index (Phi) is 5.19. The standard InChI is InChI=1S/C19H27N3O2/c1-4-24-19(23)13-17-16-7-5-6-8-18(16)22(20-17)15-11-9-14(10-12-15)21(2)3/h5-8,14-15H,4,9-13H2,1-3H3. The van der Waals surface area contributed by atoms with E-state index >= 15 is 0 Å². The lowest BCUT2D eigenvalue weighted by Crippen LogP contribution is -2.33. The summed E-state index contributed by atoms with van der Waals surface area (Å²) in [5.41, 5.74) is 1.96. The average molecular weight is 329 g/mol. The van der Waals surface area contributed by atoms with Gasteiger partial charge in [0, 0.05) is 11.4 Å². The molecule has 3 rings (SSSR count). The van der Waals surface area contributed by atoms with E-state index in [1.165, 1.54) is 12.8 Å². The molecular formula is C19H27N3O2. The summed E-state index contributed by atoms with van der Waals surface area (Å²) in [6.07, 6.45) is 4.90. The largest absolute Gasteiger partial charge is 0.466 e. The molecule has 0 radical (unpaired) electrons. The first-order valence-electron chi connectivity index (χ1n) is 8.88. The van der Waals surface area contributed by atoms with Gasteiger partial charge in [-0.2, -0.15) is 5.10 Å². The highest BCUT2D eigenvalue weighted by Gasteiger charge is 2.26. The summed E-state index contributed by atoms with van der Waals surface area (Å²) in [5, 5.41) is 5.88. The maximum absolute atomic E-state index is 11.9. The molecule has 0 unspecified atom stereocenters. The van der Waals surface area contributed by atoms with E-state index in [1.807, 2.05) is 19.1 Å². The Morgan fingerprint density at radius 2 is 1.96 bits per heavy atom. The molecule has 1 fully saturated rings. The van der Waals surface area contributed by atoms with E-state index in [2.05, 4.69) is 35.8 Å². The minimum absolute atomic E-state index is 0.204. The molecule has 1 aliphatic rings. The van der Waals surface area contributed by atoms with Crippen molar-refractivity contribution in [1.82, 2.24) is 14.7 Å². The molecule has 0 atom stereocenters. The molecule has 5 nitrogen and oxygen atoms in total. The smallest absolute Gasteiger partial charge is 0.311 e. The van der Waals surface area contributed by atoms with Crippen LogP contribution in [0.4, 0.5) is 0 Å². The molecule has 0 spiro atoms. The normalized spacial score (nSPS) is 21.3. The Hall–Kier alpha value is -1.88. The number of nitrogens with zero attached hydrogens (tertiary/aromatic N) is 3. The third-order valence-corrected chi connectivity index (χ3v) is 5.05.